The van der Waals surface area contributed by atoms with Gasteiger partial charge in [0, 0.05) is 30.9 Å². The molecule has 0 spiro atoms. The lowest BCUT2D eigenvalue weighted by molar-refractivity contribution is 0.0572. The molecule has 0 saturated carbocycles. The fourth-order valence-electron chi connectivity index (χ4n) is 2.36. The summed E-state index contributed by atoms with van der Waals surface area (Å²) in [5.41, 5.74) is 1.38. The Morgan fingerprint density at radius 2 is 2.00 bits per heavy atom. The van der Waals surface area contributed by atoms with Crippen molar-refractivity contribution in [1.82, 2.24) is 9.88 Å². The number of β-amino-alcohol motifs (C(OH)–C–C–N with tert-alkyl or cyclic N) is 2. The van der Waals surface area contributed by atoms with Crippen LogP contribution in [0.5, 0.6) is 0 Å². The highest BCUT2D eigenvalue weighted by Crippen LogP contribution is 2.20. The van der Waals surface area contributed by atoms with E-state index in [0.29, 0.717) is 11.4 Å². The third kappa shape index (κ3) is 3.51. The Morgan fingerprint density at radius 3 is 2.52 bits per heavy atom. The zero-order chi connectivity index (χ0) is 15.6. The minimum Gasteiger partial charge on any atom is -0.388 e. The maximum atomic E-state index is 12.5. The van der Waals surface area contributed by atoms with Gasteiger partial charge in [-0.15, -0.1) is 0 Å². The number of hydrogen-bond donors (Lipinski definition) is 3. The molecule has 0 aromatic carbocycles. The van der Waals surface area contributed by atoms with Crippen molar-refractivity contribution in [2.75, 3.05) is 25.0 Å². The number of nitrogens with one attached hydrogen (secondary N) is 1. The smallest absolute Gasteiger partial charge is 0.254 e. The minimum atomic E-state index is -0.867. The molecule has 21 heavy (non-hydrogen) atoms. The number of nitrogens with zero attached hydrogens (tertiary/aromatic N) is 2. The summed E-state index contributed by atoms with van der Waals surface area (Å²) in [6.45, 7) is 7.07. The van der Waals surface area contributed by atoms with Crippen LogP contribution in [-0.2, 0) is 0 Å². The molecule has 2 rings (SSSR count). The molecular weight excluding hydrogens is 270 g/mol. The molecule has 2 atom stereocenters. The van der Waals surface area contributed by atoms with Gasteiger partial charge in [-0.1, -0.05) is 13.8 Å². The number of pyridine rings is 1. The number of anilines is 1. The average molecular weight is 293 g/mol. The molecule has 3 N–H and O–H groups in total. The van der Waals surface area contributed by atoms with Gasteiger partial charge in [-0.3, -0.25) is 4.79 Å². The van der Waals surface area contributed by atoms with Crippen LogP contribution < -0.4 is 5.32 Å². The van der Waals surface area contributed by atoms with Gasteiger partial charge in [0.1, 0.15) is 5.82 Å². The number of likely N-dealkylation sites (tertiary alicyclic amines) is 1. The van der Waals surface area contributed by atoms with Crippen LogP contribution >= 0.6 is 0 Å². The molecule has 1 aromatic heterocycles. The van der Waals surface area contributed by atoms with Crippen LogP contribution in [0.1, 0.15) is 42.7 Å². The minimum absolute atomic E-state index is 0.163. The van der Waals surface area contributed by atoms with Crippen LogP contribution in [0.3, 0.4) is 0 Å². The summed E-state index contributed by atoms with van der Waals surface area (Å²) >= 11 is 0. The van der Waals surface area contributed by atoms with E-state index in [-0.39, 0.29) is 24.9 Å². The number of carbonyl (C=O) groups excluding carboxylic acids is 1. The predicted octanol–water partition coefficient (Wildman–Crippen LogP) is 0.814. The van der Waals surface area contributed by atoms with E-state index in [1.165, 1.54) is 4.90 Å². The lowest BCUT2D eigenvalue weighted by Gasteiger charge is -2.17. The van der Waals surface area contributed by atoms with Gasteiger partial charge in [-0.25, -0.2) is 4.98 Å². The van der Waals surface area contributed by atoms with Gasteiger partial charge in [0.25, 0.3) is 5.91 Å². The zero-order valence-corrected chi connectivity index (χ0v) is 12.7. The Labute approximate surface area is 124 Å². The summed E-state index contributed by atoms with van der Waals surface area (Å²) in [6, 6.07) is 3.50. The molecule has 116 valence electrons. The lowest BCUT2D eigenvalue weighted by Crippen LogP contribution is -2.30. The van der Waals surface area contributed by atoms with Crippen molar-refractivity contribution in [3.8, 4) is 0 Å². The van der Waals surface area contributed by atoms with Gasteiger partial charge in [-0.05, 0) is 25.0 Å². The second-order valence-electron chi connectivity index (χ2n) is 5.70. The van der Waals surface area contributed by atoms with Crippen LogP contribution in [0.4, 0.5) is 5.82 Å². The maximum Gasteiger partial charge on any atom is 0.254 e. The largest absolute Gasteiger partial charge is 0.388 e. The summed E-state index contributed by atoms with van der Waals surface area (Å²) in [4.78, 5) is 18.5. The van der Waals surface area contributed by atoms with Crippen molar-refractivity contribution >= 4 is 11.7 Å². The van der Waals surface area contributed by atoms with Crippen molar-refractivity contribution in [3.05, 3.63) is 23.4 Å². The first-order chi connectivity index (χ1) is 9.92. The fourth-order valence-corrected chi connectivity index (χ4v) is 2.36. The number of carbonyl (C=O) groups is 1. The number of hydrogen-bond acceptors (Lipinski definition) is 5. The molecule has 0 aliphatic carbocycles. The molecule has 1 aromatic rings. The van der Waals surface area contributed by atoms with Crippen LogP contribution in [0.15, 0.2) is 12.1 Å². The van der Waals surface area contributed by atoms with Gasteiger partial charge >= 0.3 is 0 Å². The Bertz CT molecular complexity index is 509. The first kappa shape index (κ1) is 15.7. The first-order valence-corrected chi connectivity index (χ1v) is 7.33. The molecule has 2 heterocycles. The van der Waals surface area contributed by atoms with Gasteiger partial charge in [0.15, 0.2) is 0 Å². The van der Waals surface area contributed by atoms with E-state index in [1.54, 1.807) is 12.1 Å². The normalized spacial score (nSPS) is 21.9. The standard InChI is InChI=1S/C15H23N3O3/c1-4-16-14-6-10(5-11(17-14)9(2)3)15(21)18-7-12(19)13(20)8-18/h5-6,9,12-13,19-20H,4,7-8H2,1-3H3,(H,16,17). The highest BCUT2D eigenvalue weighted by atomic mass is 16.3. The van der Waals surface area contributed by atoms with Crippen LogP contribution in [0.2, 0.25) is 0 Å². The number of aliphatic hydroxyl groups is 2. The molecule has 1 saturated heterocycles. The number of amides is 1. The molecule has 6 heteroatoms. The lowest BCUT2D eigenvalue weighted by atomic mass is 10.1. The summed E-state index contributed by atoms with van der Waals surface area (Å²) in [7, 11) is 0. The molecule has 6 nitrogen and oxygen atoms in total. The highest BCUT2D eigenvalue weighted by molar-refractivity contribution is 5.95. The van der Waals surface area contributed by atoms with Crippen molar-refractivity contribution in [2.45, 2.75) is 38.9 Å². The molecular formula is C15H23N3O3. The van der Waals surface area contributed by atoms with Crippen molar-refractivity contribution in [1.29, 1.82) is 0 Å². The highest BCUT2D eigenvalue weighted by Gasteiger charge is 2.33. The number of rotatable bonds is 4. The Balaban J connectivity index is 2.27. The SMILES string of the molecule is CCNc1cc(C(=O)N2CC(O)C(O)C2)cc(C(C)C)n1. The number of aromatic nitrogens is 1. The third-order valence-electron chi connectivity index (χ3n) is 3.59. The molecule has 1 fully saturated rings. The Hall–Kier alpha value is -1.66. The predicted molar refractivity (Wildman–Crippen MR) is 80.4 cm³/mol. The van der Waals surface area contributed by atoms with E-state index in [4.69, 9.17) is 0 Å². The monoisotopic (exact) mass is 293 g/mol. The van der Waals surface area contributed by atoms with Gasteiger partial charge in [-0.2, -0.15) is 0 Å². The van der Waals surface area contributed by atoms with Crippen molar-refractivity contribution < 1.29 is 15.0 Å². The van der Waals surface area contributed by atoms with E-state index < -0.39 is 12.2 Å². The summed E-state index contributed by atoms with van der Waals surface area (Å²) in [5, 5.41) is 22.3. The van der Waals surface area contributed by atoms with Crippen LogP contribution in [-0.4, -0.2) is 57.8 Å². The molecule has 2 unspecified atom stereocenters. The van der Waals surface area contributed by atoms with Gasteiger partial charge in [0.2, 0.25) is 0 Å². The third-order valence-corrected chi connectivity index (χ3v) is 3.59. The van der Waals surface area contributed by atoms with Crippen LogP contribution in [0.25, 0.3) is 0 Å². The molecule has 1 amide bonds. The molecule has 1 aliphatic rings. The summed E-state index contributed by atoms with van der Waals surface area (Å²) in [5.74, 6) is 0.700. The zero-order valence-electron chi connectivity index (χ0n) is 12.7. The molecule has 0 radical (unpaired) electrons. The molecule has 0 bridgehead atoms. The van der Waals surface area contributed by atoms with Gasteiger partial charge in [0.05, 0.1) is 12.2 Å². The van der Waals surface area contributed by atoms with Crippen LogP contribution in [0, 0.1) is 0 Å². The Morgan fingerprint density at radius 1 is 1.38 bits per heavy atom. The van der Waals surface area contributed by atoms with E-state index in [1.807, 2.05) is 20.8 Å². The first-order valence-electron chi connectivity index (χ1n) is 7.33. The van der Waals surface area contributed by atoms with E-state index in [9.17, 15) is 15.0 Å². The summed E-state index contributed by atoms with van der Waals surface area (Å²) in [6.07, 6.45) is -1.73. The second kappa shape index (κ2) is 6.41. The van der Waals surface area contributed by atoms with E-state index in [0.717, 1.165) is 12.2 Å². The van der Waals surface area contributed by atoms with Crippen molar-refractivity contribution in [2.24, 2.45) is 0 Å². The maximum absolute atomic E-state index is 12.5. The average Bonchev–Trinajstić information content (AvgIpc) is 2.78. The quantitative estimate of drug-likeness (QED) is 0.765. The van der Waals surface area contributed by atoms with E-state index in [2.05, 4.69) is 10.3 Å². The van der Waals surface area contributed by atoms with E-state index >= 15 is 0 Å². The molecule has 1 aliphatic heterocycles. The number of aliphatic hydroxyl groups excluding tert-OH is 2. The fraction of sp³-hybridized carbons (Fsp3) is 0.600. The summed E-state index contributed by atoms with van der Waals surface area (Å²) < 4.78 is 0. The second-order valence-corrected chi connectivity index (χ2v) is 5.70. The van der Waals surface area contributed by atoms with Crippen molar-refractivity contribution in [3.63, 3.8) is 0 Å². The van der Waals surface area contributed by atoms with Gasteiger partial charge < -0.3 is 20.4 Å². The topological polar surface area (TPSA) is 85.7 Å². The Kier molecular flexibility index (Phi) is 4.80.